The largest absolute Gasteiger partial charge is 0.415 e. The molecule has 35 heteroatoms. The van der Waals surface area contributed by atoms with Crippen LogP contribution in [0.1, 0.15) is 88.7 Å². The van der Waals surface area contributed by atoms with Crippen molar-refractivity contribution >= 4 is 123 Å². The Morgan fingerprint density at radius 3 is 0.629 bits per heavy atom. The molecular weight excluding hydrogens is 1610 g/mol. The van der Waals surface area contributed by atoms with Crippen LogP contribution in [-0.4, -0.2) is 142 Å². The summed E-state index contributed by atoms with van der Waals surface area (Å²) in [6.07, 6.45) is -9.26. The van der Waals surface area contributed by atoms with Crippen molar-refractivity contribution in [3.8, 4) is 0 Å². The average Bonchev–Trinajstić information content (AvgIpc) is 0.827. The highest BCUT2D eigenvalue weighted by atomic mass is 35.5. The monoisotopic (exact) mass is 1720 g/mol. The van der Waals surface area contributed by atoms with Crippen LogP contribution in [0.15, 0.2) is 121 Å². The Kier molecular flexibility index (Phi) is 45.6. The highest BCUT2D eigenvalue weighted by Gasteiger charge is 2.48. The van der Waals surface area contributed by atoms with E-state index in [2.05, 4.69) is 0 Å². The summed E-state index contributed by atoms with van der Waals surface area (Å²) in [6, 6.07) is 39.6. The second-order valence-electron chi connectivity index (χ2n) is 28.8. The SMILES string of the molecule is CC(O)COCc1ccc(CO[Si](C)(C)O[Si](C)(CCC(F)F)O[Si](C)(C)OCc2ccc(COCC(C)O)cc2)cc1.C[Si](C)(O)O[Si](C)(CCC(F)F)O[Si](C)(C)O.C[Si](C)(OCc1ccc(CCl)cc1)O[Si](C)(CCC(F)F)O[Si](C)(C)OCc1ccc(CCl)cc1.ClCc1ccc(CCl)cc1. The molecule has 0 saturated heterocycles. The third kappa shape index (κ3) is 48.0. The fourth-order valence-corrected chi connectivity index (χ4v) is 45.2. The number of aliphatic hydroxyl groups is 2. The fourth-order valence-electron chi connectivity index (χ4n) is 10.1. The molecule has 0 amide bonds. The number of aliphatic hydroxyl groups excluding tert-OH is 2. The van der Waals surface area contributed by atoms with Crippen LogP contribution in [0.4, 0.5) is 26.3 Å². The van der Waals surface area contributed by atoms with Gasteiger partial charge >= 0.3 is 77.0 Å². The van der Waals surface area contributed by atoms with Gasteiger partial charge < -0.3 is 71.7 Å². The van der Waals surface area contributed by atoms with E-state index in [1.54, 1.807) is 46.6 Å². The van der Waals surface area contributed by atoms with Crippen LogP contribution in [0.3, 0.4) is 0 Å². The number of alkyl halides is 10. The van der Waals surface area contributed by atoms with Crippen molar-refractivity contribution in [2.24, 2.45) is 0 Å². The zero-order chi connectivity index (χ0) is 79.5. The number of halogens is 10. The van der Waals surface area contributed by atoms with Crippen LogP contribution in [0.25, 0.3) is 0 Å². The molecular formula is C70H116Cl4F6O16Si9. The first-order valence-corrected chi connectivity index (χ1v) is 61.5. The lowest BCUT2D eigenvalue weighted by atomic mass is 10.1. The molecule has 0 aliphatic rings. The molecule has 0 saturated carbocycles. The Morgan fingerprint density at radius 2 is 0.467 bits per heavy atom. The lowest BCUT2D eigenvalue weighted by Gasteiger charge is -2.39. The summed E-state index contributed by atoms with van der Waals surface area (Å²) in [5.74, 6) is 2.05. The summed E-state index contributed by atoms with van der Waals surface area (Å²) in [5, 5.41) is 18.7. The van der Waals surface area contributed by atoms with E-state index in [4.69, 9.17) is 98.3 Å². The number of hydrogen-bond donors (Lipinski definition) is 4. The zero-order valence-electron chi connectivity index (χ0n) is 64.1. The summed E-state index contributed by atoms with van der Waals surface area (Å²) >= 11 is 22.9. The van der Waals surface area contributed by atoms with Crippen molar-refractivity contribution < 1.29 is 98.0 Å². The molecule has 0 heterocycles. The topological polar surface area (TPSA) is 192 Å². The quantitative estimate of drug-likeness (QED) is 0.0163. The predicted octanol–water partition coefficient (Wildman–Crippen LogP) is 19.7. The lowest BCUT2D eigenvalue weighted by molar-refractivity contribution is 0.0375. The molecule has 0 aliphatic heterocycles. The van der Waals surface area contributed by atoms with Crippen molar-refractivity contribution in [2.45, 2.75) is 244 Å². The number of rotatable bonds is 45. The first-order chi connectivity index (χ1) is 48.6. The number of hydrogen-bond acceptors (Lipinski definition) is 16. The molecule has 0 fully saturated rings. The summed E-state index contributed by atoms with van der Waals surface area (Å²) in [7, 11) is -25.7. The zero-order valence-corrected chi connectivity index (χ0v) is 76.2. The molecule has 5 aromatic rings. The highest BCUT2D eigenvalue weighted by molar-refractivity contribution is 6.86. The third-order valence-corrected chi connectivity index (χ3v) is 45.0. The standard InChI is InChI=1S/C30H50F2O8Si3.C24H36Cl2F2O4Si3.C8H8Cl2.C8H22F2O4Si3/c1-24(33)18-35-20-26-8-12-28(13-9-26)22-37-41(3,4)39-43(7,17-16-30(31)32)40-42(5,6)38-23-29-14-10-27(11-15-29)21-36-19-25(2)34;1-33(2,29-18-22-10-6-20(16-25)7-11-22)31-35(5,15-14-24(27)28)32-34(3,4)30-19-23-12-8-21(17-26)9-13-23;9-5-7-1-2-8(6-10)4-3-7;1-15(2,11)13-17(5,7-6-8(9)10)14-16(3,4)12/h8-15,24-25,30,33-34H,16-23H2,1-7H3;6-13,24H,14-19H2,1-5H3;1-4H,5-6H2;8,11-12H,6-7H2,1-5H3. The number of ether oxygens (including phenoxy) is 2. The third-order valence-electron chi connectivity index (χ3n) is 14.6. The van der Waals surface area contributed by atoms with Crippen LogP contribution in [0.5, 0.6) is 0 Å². The smallest absolute Gasteiger partial charge is 0.323 e. The lowest BCUT2D eigenvalue weighted by Crippen LogP contribution is -2.56. The molecule has 105 heavy (non-hydrogen) atoms. The van der Waals surface area contributed by atoms with E-state index in [1.807, 2.05) is 187 Å². The van der Waals surface area contributed by atoms with Gasteiger partial charge in [-0.05, 0) is 186 Å². The fraction of sp³-hybridized carbons (Fsp3) is 0.571. The molecule has 0 bridgehead atoms. The molecule has 16 nitrogen and oxygen atoms in total. The summed E-state index contributed by atoms with van der Waals surface area (Å²) < 4.78 is 150. The van der Waals surface area contributed by atoms with Gasteiger partial charge in [0.05, 0.1) is 65.1 Å². The molecule has 598 valence electrons. The minimum atomic E-state index is -3.11. The normalized spacial score (nSPS) is 13.9. The molecule has 2 unspecified atom stereocenters. The molecule has 5 rings (SSSR count). The molecule has 0 aromatic heterocycles. The van der Waals surface area contributed by atoms with Crippen LogP contribution in [-0.2, 0) is 115 Å². The summed E-state index contributed by atoms with van der Waals surface area (Å²) in [5.41, 5.74) is 10.2. The van der Waals surface area contributed by atoms with E-state index < -0.39 is 109 Å². The second kappa shape index (κ2) is 48.3. The number of benzene rings is 5. The Balaban J connectivity index is 0.000000534. The van der Waals surface area contributed by atoms with Gasteiger partial charge in [0.2, 0.25) is 19.3 Å². The Hall–Kier alpha value is -1.85. The molecule has 0 spiro atoms. The van der Waals surface area contributed by atoms with Crippen LogP contribution in [0.2, 0.25) is 116 Å². The maximum absolute atomic E-state index is 13.3. The van der Waals surface area contributed by atoms with Crippen LogP contribution >= 0.6 is 46.4 Å². The van der Waals surface area contributed by atoms with Crippen molar-refractivity contribution in [1.29, 1.82) is 0 Å². The van der Waals surface area contributed by atoms with Gasteiger partial charge in [-0.1, -0.05) is 121 Å². The summed E-state index contributed by atoms with van der Waals surface area (Å²) in [6.45, 7) is 32.9. The molecule has 4 N–H and O–H groups in total. The first kappa shape index (κ1) is 99.2. The van der Waals surface area contributed by atoms with Gasteiger partial charge in [0.25, 0.3) is 0 Å². The van der Waals surface area contributed by atoms with Crippen molar-refractivity contribution in [3.63, 3.8) is 0 Å². The first-order valence-electron chi connectivity index (χ1n) is 34.8. The maximum Gasteiger partial charge on any atom is 0.323 e. The second-order valence-corrected chi connectivity index (χ2v) is 61.2. The Labute approximate surface area is 651 Å². The minimum absolute atomic E-state index is 0.0681. The van der Waals surface area contributed by atoms with Gasteiger partial charge in [0.1, 0.15) is 0 Å². The minimum Gasteiger partial charge on any atom is -0.415 e. The highest BCUT2D eigenvalue weighted by Crippen LogP contribution is 2.32. The Bertz CT molecular complexity index is 2960. The van der Waals surface area contributed by atoms with Crippen molar-refractivity contribution in [1.82, 2.24) is 0 Å². The molecule has 0 radical (unpaired) electrons. The van der Waals surface area contributed by atoms with Gasteiger partial charge in [-0.25, -0.2) is 26.3 Å². The van der Waals surface area contributed by atoms with Crippen molar-refractivity contribution in [3.05, 3.63) is 177 Å². The van der Waals surface area contributed by atoms with E-state index in [-0.39, 0.29) is 50.6 Å². The van der Waals surface area contributed by atoms with Crippen LogP contribution in [0, 0.1) is 0 Å². The summed E-state index contributed by atoms with van der Waals surface area (Å²) in [4.78, 5) is 19.5. The van der Waals surface area contributed by atoms with E-state index in [9.17, 15) is 46.1 Å². The average molecular weight is 1720 g/mol. The van der Waals surface area contributed by atoms with Crippen molar-refractivity contribution in [2.75, 3.05) is 13.2 Å². The van der Waals surface area contributed by atoms with Gasteiger partial charge in [-0.3, -0.25) is 0 Å². The van der Waals surface area contributed by atoms with Gasteiger partial charge in [-0.2, -0.15) is 0 Å². The molecule has 0 aliphatic carbocycles. The van der Waals surface area contributed by atoms with E-state index in [0.29, 0.717) is 63.2 Å². The van der Waals surface area contributed by atoms with Gasteiger partial charge in [-0.15, -0.1) is 46.4 Å². The molecule has 2 atom stereocenters. The van der Waals surface area contributed by atoms with Gasteiger partial charge in [0.15, 0.2) is 0 Å². The van der Waals surface area contributed by atoms with E-state index >= 15 is 0 Å². The predicted molar refractivity (Wildman–Crippen MR) is 429 cm³/mol. The van der Waals surface area contributed by atoms with Gasteiger partial charge in [0, 0.05) is 42.8 Å². The van der Waals surface area contributed by atoms with E-state index in [1.165, 1.54) is 0 Å². The molecule has 5 aromatic carbocycles. The van der Waals surface area contributed by atoms with Crippen LogP contribution < -0.4 is 0 Å². The maximum atomic E-state index is 13.3. The van der Waals surface area contributed by atoms with E-state index in [0.717, 1.165) is 55.6 Å². The Morgan fingerprint density at radius 1 is 0.295 bits per heavy atom.